The number of amides is 2. The fourth-order valence-electron chi connectivity index (χ4n) is 4.35. The molecule has 0 saturated carbocycles. The summed E-state index contributed by atoms with van der Waals surface area (Å²) in [6.07, 6.45) is 2.43. The molecule has 186 valence electrons. The van der Waals surface area contributed by atoms with E-state index in [4.69, 9.17) is 21.6 Å². The molecular formula is C27H30ClN7O. The van der Waals surface area contributed by atoms with Gasteiger partial charge in [0.2, 0.25) is 0 Å². The average molecular weight is 504 g/mol. The minimum atomic E-state index is -0.270. The number of nitrogens with zero attached hydrogens (tertiary/aromatic N) is 6. The van der Waals surface area contributed by atoms with Gasteiger partial charge in [0.05, 0.1) is 17.3 Å². The second-order valence-corrected chi connectivity index (χ2v) is 10.5. The third-order valence-electron chi connectivity index (χ3n) is 6.06. The predicted molar refractivity (Wildman–Crippen MR) is 143 cm³/mol. The van der Waals surface area contributed by atoms with E-state index < -0.39 is 0 Å². The van der Waals surface area contributed by atoms with E-state index in [1.165, 1.54) is 0 Å². The fourth-order valence-corrected chi connectivity index (χ4v) is 4.54. The molecule has 0 radical (unpaired) electrons. The minimum Gasteiger partial charge on any atom is -0.352 e. The molecule has 1 aliphatic rings. The Hall–Kier alpha value is -3.65. The number of urea groups is 1. The van der Waals surface area contributed by atoms with Crippen molar-refractivity contribution < 1.29 is 4.79 Å². The lowest BCUT2D eigenvalue weighted by molar-refractivity contribution is 0.185. The van der Waals surface area contributed by atoms with Crippen LogP contribution in [0.15, 0.2) is 60.8 Å². The highest BCUT2D eigenvalue weighted by Crippen LogP contribution is 2.28. The molecule has 1 N–H and O–H groups in total. The molecule has 4 aromatic rings. The molecule has 36 heavy (non-hydrogen) atoms. The number of benzene rings is 2. The fraction of sp³-hybridized carbons (Fsp3) is 0.333. The number of halogens is 1. The van der Waals surface area contributed by atoms with Crippen LogP contribution in [0.25, 0.3) is 16.7 Å². The zero-order valence-corrected chi connectivity index (χ0v) is 21.5. The molecular weight excluding hydrogens is 474 g/mol. The lowest BCUT2D eigenvalue weighted by Gasteiger charge is -2.37. The van der Waals surface area contributed by atoms with Gasteiger partial charge in [-0.3, -0.25) is 0 Å². The number of hydrogen-bond acceptors (Lipinski definition) is 5. The smallest absolute Gasteiger partial charge is 0.317 e. The molecule has 2 aromatic heterocycles. The van der Waals surface area contributed by atoms with Gasteiger partial charge in [-0.15, -0.1) is 0 Å². The lowest BCUT2D eigenvalue weighted by atomic mass is 10.1. The average Bonchev–Trinajstić information content (AvgIpc) is 3.27. The maximum atomic E-state index is 12.7. The number of fused-ring (bicyclic) bond motifs is 1. The van der Waals surface area contributed by atoms with Gasteiger partial charge in [0.25, 0.3) is 0 Å². The molecule has 0 bridgehead atoms. The van der Waals surface area contributed by atoms with Gasteiger partial charge in [0, 0.05) is 43.2 Å². The second kappa shape index (κ2) is 9.78. The van der Waals surface area contributed by atoms with E-state index >= 15 is 0 Å². The topological polar surface area (TPSA) is 79.2 Å². The Morgan fingerprint density at radius 2 is 1.75 bits per heavy atom. The highest BCUT2D eigenvalue weighted by molar-refractivity contribution is 6.30. The summed E-state index contributed by atoms with van der Waals surface area (Å²) in [5, 5.41) is 9.22. The SMILES string of the molecule is CC(C)(C)NC(=O)N1CCN(c2nc(Cc3ccccc3)nc3c2cnn3-c2cccc(Cl)c2)CC1. The van der Waals surface area contributed by atoms with Crippen molar-refractivity contribution in [3.63, 3.8) is 0 Å². The Bertz CT molecular complexity index is 1370. The van der Waals surface area contributed by atoms with Crippen LogP contribution in [0.5, 0.6) is 0 Å². The summed E-state index contributed by atoms with van der Waals surface area (Å²) in [5.74, 6) is 1.57. The Balaban J connectivity index is 1.49. The largest absolute Gasteiger partial charge is 0.352 e. The standard InChI is InChI=1S/C27H30ClN7O/c1-27(2,3)32-26(36)34-14-12-33(13-15-34)24-22-18-29-35(21-11-7-10-20(28)17-21)25(22)31-23(30-24)16-19-8-5-4-6-9-19/h4-11,17-18H,12-16H2,1-3H3,(H,32,36). The molecule has 0 atom stereocenters. The van der Waals surface area contributed by atoms with E-state index in [9.17, 15) is 4.79 Å². The van der Waals surface area contributed by atoms with Crippen LogP contribution in [-0.4, -0.2) is 62.4 Å². The van der Waals surface area contributed by atoms with Gasteiger partial charge in [0.1, 0.15) is 11.6 Å². The molecule has 5 rings (SSSR count). The molecule has 1 fully saturated rings. The van der Waals surface area contributed by atoms with E-state index in [-0.39, 0.29) is 11.6 Å². The number of hydrogen-bond donors (Lipinski definition) is 1. The van der Waals surface area contributed by atoms with Crippen LogP contribution >= 0.6 is 11.6 Å². The van der Waals surface area contributed by atoms with Gasteiger partial charge in [0.15, 0.2) is 5.65 Å². The van der Waals surface area contributed by atoms with Crippen molar-refractivity contribution >= 4 is 34.5 Å². The maximum absolute atomic E-state index is 12.7. The highest BCUT2D eigenvalue weighted by Gasteiger charge is 2.27. The van der Waals surface area contributed by atoms with E-state index in [0.717, 1.165) is 33.9 Å². The first kappa shape index (κ1) is 24.1. The third kappa shape index (κ3) is 5.28. The summed E-state index contributed by atoms with van der Waals surface area (Å²) >= 11 is 6.26. The summed E-state index contributed by atoms with van der Waals surface area (Å²) in [5.41, 5.74) is 2.45. The Labute approximate surface area is 215 Å². The van der Waals surface area contributed by atoms with Crippen molar-refractivity contribution in [3.8, 4) is 5.69 Å². The Morgan fingerprint density at radius 1 is 1.00 bits per heavy atom. The number of carbonyl (C=O) groups excluding carboxylic acids is 1. The zero-order valence-electron chi connectivity index (χ0n) is 20.8. The van der Waals surface area contributed by atoms with Gasteiger partial charge < -0.3 is 15.1 Å². The van der Waals surface area contributed by atoms with Crippen molar-refractivity contribution in [1.29, 1.82) is 0 Å². The molecule has 3 heterocycles. The van der Waals surface area contributed by atoms with Crippen LogP contribution in [0, 0.1) is 0 Å². The number of rotatable bonds is 4. The van der Waals surface area contributed by atoms with Crippen LogP contribution < -0.4 is 10.2 Å². The van der Waals surface area contributed by atoms with Gasteiger partial charge in [-0.05, 0) is 44.5 Å². The van der Waals surface area contributed by atoms with Crippen molar-refractivity contribution in [2.24, 2.45) is 0 Å². The maximum Gasteiger partial charge on any atom is 0.317 e. The summed E-state index contributed by atoms with van der Waals surface area (Å²) in [6, 6.07) is 17.7. The molecule has 1 aliphatic heterocycles. The Kier molecular flexibility index (Phi) is 6.53. The van der Waals surface area contributed by atoms with E-state index in [2.05, 4.69) is 27.4 Å². The van der Waals surface area contributed by atoms with Crippen LogP contribution in [0.2, 0.25) is 5.02 Å². The van der Waals surface area contributed by atoms with Crippen molar-refractivity contribution in [2.45, 2.75) is 32.7 Å². The molecule has 0 unspecified atom stereocenters. The van der Waals surface area contributed by atoms with E-state index in [1.54, 1.807) is 0 Å². The van der Waals surface area contributed by atoms with Crippen LogP contribution in [-0.2, 0) is 6.42 Å². The van der Waals surface area contributed by atoms with Crippen LogP contribution in [0.3, 0.4) is 0 Å². The third-order valence-corrected chi connectivity index (χ3v) is 6.30. The van der Waals surface area contributed by atoms with Gasteiger partial charge >= 0.3 is 6.03 Å². The number of nitrogens with one attached hydrogen (secondary N) is 1. The molecule has 0 aliphatic carbocycles. The van der Waals surface area contributed by atoms with Crippen molar-refractivity contribution in [2.75, 3.05) is 31.1 Å². The number of piperazine rings is 1. The highest BCUT2D eigenvalue weighted by atomic mass is 35.5. The predicted octanol–water partition coefficient (Wildman–Crippen LogP) is 4.69. The molecule has 8 nitrogen and oxygen atoms in total. The molecule has 1 saturated heterocycles. The van der Waals surface area contributed by atoms with Crippen molar-refractivity contribution in [3.05, 3.63) is 77.2 Å². The number of carbonyl (C=O) groups is 1. The van der Waals surface area contributed by atoms with Gasteiger partial charge in [-0.1, -0.05) is 48.0 Å². The van der Waals surface area contributed by atoms with E-state index in [0.29, 0.717) is 37.6 Å². The first-order valence-electron chi connectivity index (χ1n) is 12.1. The van der Waals surface area contributed by atoms with E-state index in [1.807, 2.05) is 79.0 Å². The summed E-state index contributed by atoms with van der Waals surface area (Å²) in [4.78, 5) is 26.7. The monoisotopic (exact) mass is 503 g/mol. The zero-order chi connectivity index (χ0) is 25.3. The molecule has 2 amide bonds. The first-order valence-corrected chi connectivity index (χ1v) is 12.5. The minimum absolute atomic E-state index is 0.0338. The number of anilines is 1. The van der Waals surface area contributed by atoms with Crippen LogP contribution in [0.4, 0.5) is 10.6 Å². The molecule has 0 spiro atoms. The summed E-state index contributed by atoms with van der Waals surface area (Å²) in [7, 11) is 0. The molecule has 9 heteroatoms. The first-order chi connectivity index (χ1) is 17.3. The Morgan fingerprint density at radius 3 is 2.44 bits per heavy atom. The summed E-state index contributed by atoms with van der Waals surface area (Å²) < 4.78 is 1.81. The van der Waals surface area contributed by atoms with Crippen LogP contribution in [0.1, 0.15) is 32.2 Å². The number of aromatic nitrogens is 4. The summed E-state index contributed by atoms with van der Waals surface area (Å²) in [6.45, 7) is 8.56. The normalized spacial score (nSPS) is 14.3. The quantitative estimate of drug-likeness (QED) is 0.437. The van der Waals surface area contributed by atoms with Gasteiger partial charge in [-0.25, -0.2) is 19.4 Å². The van der Waals surface area contributed by atoms with Gasteiger partial charge in [-0.2, -0.15) is 5.10 Å². The molecule has 2 aromatic carbocycles. The second-order valence-electron chi connectivity index (χ2n) is 10.1. The lowest BCUT2D eigenvalue weighted by Crippen LogP contribution is -2.55. The van der Waals surface area contributed by atoms with Crippen molar-refractivity contribution in [1.82, 2.24) is 30.0 Å².